The van der Waals surface area contributed by atoms with Gasteiger partial charge in [-0.25, -0.2) is 0 Å². The van der Waals surface area contributed by atoms with Crippen molar-refractivity contribution in [2.45, 2.75) is 39.8 Å². The summed E-state index contributed by atoms with van der Waals surface area (Å²) >= 11 is 0. The van der Waals surface area contributed by atoms with E-state index in [1.54, 1.807) is 0 Å². The molecular weight excluding hydrogens is 419 g/mol. The van der Waals surface area contributed by atoms with Crippen LogP contribution in [0.3, 0.4) is 0 Å². The van der Waals surface area contributed by atoms with Gasteiger partial charge in [0.2, 0.25) is 0 Å². The normalized spacial score (nSPS) is 15.1. The molecule has 168 valence electrons. The number of ether oxygens (including phenoxy) is 2. The van der Waals surface area contributed by atoms with Crippen LogP contribution in [0.5, 0.6) is 11.5 Å². The monoisotopic (exact) mass is 454 g/mol. The van der Waals surface area contributed by atoms with Gasteiger partial charge >= 0.3 is 0 Å². The fourth-order valence-corrected chi connectivity index (χ4v) is 3.79. The molecule has 1 fully saturated rings. The van der Waals surface area contributed by atoms with Crippen molar-refractivity contribution < 1.29 is 9.47 Å². The van der Waals surface area contributed by atoms with E-state index in [9.17, 15) is 0 Å². The molecule has 0 radical (unpaired) electrons. The molecule has 3 rings (SSSR count). The van der Waals surface area contributed by atoms with Crippen molar-refractivity contribution in [1.29, 1.82) is 0 Å². The van der Waals surface area contributed by atoms with Crippen molar-refractivity contribution in [1.82, 2.24) is 10.2 Å². The van der Waals surface area contributed by atoms with Gasteiger partial charge in [0, 0.05) is 32.2 Å². The van der Waals surface area contributed by atoms with Crippen LogP contribution in [0.15, 0.2) is 48.5 Å². The number of hydrogen-bond acceptors (Lipinski definition) is 4. The van der Waals surface area contributed by atoms with Crippen LogP contribution in [0, 0.1) is 5.92 Å². The first-order valence-electron chi connectivity index (χ1n) is 10.6. The lowest BCUT2D eigenvalue weighted by molar-refractivity contribution is 0.153. The predicted octanol–water partition coefficient (Wildman–Crippen LogP) is 5.50. The Morgan fingerprint density at radius 1 is 0.933 bits per heavy atom. The molecule has 1 aliphatic heterocycles. The Balaban J connectivity index is 0.00000225. The summed E-state index contributed by atoms with van der Waals surface area (Å²) < 4.78 is 12.0. The van der Waals surface area contributed by atoms with Gasteiger partial charge in [-0.1, -0.05) is 50.2 Å². The van der Waals surface area contributed by atoms with Gasteiger partial charge in [0.25, 0.3) is 0 Å². The van der Waals surface area contributed by atoms with E-state index >= 15 is 0 Å². The Morgan fingerprint density at radius 2 is 1.63 bits per heavy atom. The minimum atomic E-state index is 0. The Bertz CT molecular complexity index is 722. The molecule has 4 nitrogen and oxygen atoms in total. The van der Waals surface area contributed by atoms with Crippen LogP contribution in [0.25, 0.3) is 0 Å². The Labute approximate surface area is 194 Å². The number of nitrogens with zero attached hydrogens (tertiary/aromatic N) is 1. The first kappa shape index (κ1) is 26.6. The summed E-state index contributed by atoms with van der Waals surface area (Å²) in [6.45, 7) is 12.1. The molecule has 1 atom stereocenters. The van der Waals surface area contributed by atoms with E-state index < -0.39 is 0 Å². The topological polar surface area (TPSA) is 33.7 Å². The van der Waals surface area contributed by atoms with E-state index in [0.29, 0.717) is 25.2 Å². The first-order chi connectivity index (χ1) is 13.7. The van der Waals surface area contributed by atoms with Crippen molar-refractivity contribution in [2.24, 2.45) is 5.92 Å². The smallest absolute Gasteiger partial charge is 0.161 e. The van der Waals surface area contributed by atoms with Crippen LogP contribution in [-0.2, 0) is 6.61 Å². The maximum absolute atomic E-state index is 6.09. The Hall–Kier alpha value is -1.46. The molecule has 0 amide bonds. The third-order valence-electron chi connectivity index (χ3n) is 5.18. The Kier molecular flexibility index (Phi) is 12.2. The fourth-order valence-electron chi connectivity index (χ4n) is 3.79. The molecule has 1 N–H and O–H groups in total. The van der Waals surface area contributed by atoms with E-state index in [2.05, 4.69) is 54.4 Å². The minimum absolute atomic E-state index is 0. The number of nitrogens with one attached hydrogen (secondary N) is 1. The third-order valence-corrected chi connectivity index (χ3v) is 5.18. The molecule has 2 aromatic rings. The van der Waals surface area contributed by atoms with Gasteiger partial charge in [-0.15, -0.1) is 24.8 Å². The van der Waals surface area contributed by atoms with Crippen molar-refractivity contribution >= 4 is 24.8 Å². The lowest BCUT2D eigenvalue weighted by Gasteiger charge is -2.36. The second-order valence-electron chi connectivity index (χ2n) is 7.84. The second kappa shape index (κ2) is 13.8. The standard InChI is InChI=1S/C24H34N2O2.2ClH/c1-4-27-24-17-21(22(16-19(2)3)26-14-12-25-13-15-26)10-11-23(24)28-18-20-8-6-5-7-9-20;;/h5-11,17,19,22,25H,4,12-16,18H2,1-3H3;2*1H/t22-;;/m0../s1. The van der Waals surface area contributed by atoms with Crippen LogP contribution >= 0.6 is 24.8 Å². The molecule has 0 bridgehead atoms. The maximum Gasteiger partial charge on any atom is 0.161 e. The summed E-state index contributed by atoms with van der Waals surface area (Å²) in [6.07, 6.45) is 1.15. The van der Waals surface area contributed by atoms with Crippen molar-refractivity contribution in [3.05, 3.63) is 59.7 Å². The summed E-state index contributed by atoms with van der Waals surface area (Å²) in [4.78, 5) is 2.60. The summed E-state index contributed by atoms with van der Waals surface area (Å²) in [6, 6.07) is 17.2. The van der Waals surface area contributed by atoms with E-state index in [0.717, 1.165) is 49.7 Å². The second-order valence-corrected chi connectivity index (χ2v) is 7.84. The molecule has 0 spiro atoms. The Morgan fingerprint density at radius 3 is 2.27 bits per heavy atom. The van der Waals surface area contributed by atoms with Gasteiger partial charge in [-0.2, -0.15) is 0 Å². The average molecular weight is 455 g/mol. The zero-order valence-corrected chi connectivity index (χ0v) is 19.9. The number of piperazine rings is 1. The third kappa shape index (κ3) is 7.66. The summed E-state index contributed by atoms with van der Waals surface area (Å²) in [5, 5.41) is 3.46. The van der Waals surface area contributed by atoms with Gasteiger partial charge in [-0.3, -0.25) is 4.90 Å². The van der Waals surface area contributed by atoms with Crippen LogP contribution in [-0.4, -0.2) is 37.7 Å². The van der Waals surface area contributed by atoms with Gasteiger partial charge in [0.05, 0.1) is 6.61 Å². The van der Waals surface area contributed by atoms with Crippen LogP contribution in [0.1, 0.15) is 44.4 Å². The zero-order chi connectivity index (χ0) is 19.8. The summed E-state index contributed by atoms with van der Waals surface area (Å²) in [5.74, 6) is 2.31. The van der Waals surface area contributed by atoms with E-state index in [-0.39, 0.29) is 24.8 Å². The molecule has 0 aromatic heterocycles. The highest BCUT2D eigenvalue weighted by Crippen LogP contribution is 2.35. The van der Waals surface area contributed by atoms with Crippen LogP contribution < -0.4 is 14.8 Å². The van der Waals surface area contributed by atoms with Gasteiger partial charge in [0.1, 0.15) is 6.61 Å². The highest BCUT2D eigenvalue weighted by atomic mass is 35.5. The SMILES string of the molecule is CCOc1cc([C@H](CC(C)C)N2CCNCC2)ccc1OCc1ccccc1.Cl.Cl. The molecule has 30 heavy (non-hydrogen) atoms. The number of rotatable bonds is 9. The average Bonchev–Trinajstić information content (AvgIpc) is 2.72. The van der Waals surface area contributed by atoms with Gasteiger partial charge < -0.3 is 14.8 Å². The first-order valence-corrected chi connectivity index (χ1v) is 10.6. The molecule has 6 heteroatoms. The largest absolute Gasteiger partial charge is 0.490 e. The number of benzene rings is 2. The van der Waals surface area contributed by atoms with Crippen molar-refractivity contribution in [2.75, 3.05) is 32.8 Å². The molecule has 1 aliphatic rings. The number of halogens is 2. The molecule has 1 heterocycles. The van der Waals surface area contributed by atoms with Crippen LogP contribution in [0.2, 0.25) is 0 Å². The van der Waals surface area contributed by atoms with Crippen LogP contribution in [0.4, 0.5) is 0 Å². The summed E-state index contributed by atoms with van der Waals surface area (Å²) in [5.41, 5.74) is 2.48. The van der Waals surface area contributed by atoms with Gasteiger partial charge in [-0.05, 0) is 42.5 Å². The summed E-state index contributed by atoms with van der Waals surface area (Å²) in [7, 11) is 0. The van der Waals surface area contributed by atoms with Crippen molar-refractivity contribution in [3.63, 3.8) is 0 Å². The van der Waals surface area contributed by atoms with E-state index in [1.165, 1.54) is 5.56 Å². The highest BCUT2D eigenvalue weighted by Gasteiger charge is 2.24. The zero-order valence-electron chi connectivity index (χ0n) is 18.3. The van der Waals surface area contributed by atoms with Gasteiger partial charge in [0.15, 0.2) is 11.5 Å². The molecule has 0 saturated carbocycles. The number of hydrogen-bond donors (Lipinski definition) is 1. The molecule has 0 aliphatic carbocycles. The lowest BCUT2D eigenvalue weighted by Crippen LogP contribution is -2.45. The quantitative estimate of drug-likeness (QED) is 0.542. The fraction of sp³-hybridized carbons (Fsp3) is 0.500. The lowest BCUT2D eigenvalue weighted by atomic mass is 9.94. The predicted molar refractivity (Wildman–Crippen MR) is 130 cm³/mol. The molecule has 1 saturated heterocycles. The maximum atomic E-state index is 6.09. The minimum Gasteiger partial charge on any atom is -0.490 e. The van der Waals surface area contributed by atoms with E-state index in [1.807, 2.05) is 25.1 Å². The molecular formula is C24H36Cl2N2O2. The molecule has 0 unspecified atom stereocenters. The van der Waals surface area contributed by atoms with Crippen molar-refractivity contribution in [3.8, 4) is 11.5 Å². The van der Waals surface area contributed by atoms with E-state index in [4.69, 9.17) is 9.47 Å². The molecule has 2 aromatic carbocycles. The highest BCUT2D eigenvalue weighted by molar-refractivity contribution is 5.85.